The minimum atomic E-state index is -0.459. The van der Waals surface area contributed by atoms with Crippen molar-refractivity contribution in [1.82, 2.24) is 9.97 Å². The van der Waals surface area contributed by atoms with Gasteiger partial charge in [0.1, 0.15) is 0 Å². The Kier molecular flexibility index (Phi) is 0.964. The van der Waals surface area contributed by atoms with Gasteiger partial charge in [-0.25, -0.2) is 0 Å². The van der Waals surface area contributed by atoms with E-state index in [1.165, 1.54) is 6.20 Å². The van der Waals surface area contributed by atoms with E-state index >= 15 is 0 Å². The van der Waals surface area contributed by atoms with Crippen LogP contribution < -0.4 is 5.56 Å². The lowest BCUT2D eigenvalue weighted by atomic mass is 10.7. The lowest BCUT2D eigenvalue weighted by molar-refractivity contribution is 1.09. The third-order valence-corrected chi connectivity index (χ3v) is 0.854. The molecule has 0 radical (unpaired) electrons. The van der Waals surface area contributed by atoms with E-state index in [-0.39, 0.29) is 10.8 Å². The Hall–Kier alpha value is -0.900. The van der Waals surface area contributed by atoms with Crippen LogP contribution in [0.4, 0.5) is 0 Å². The zero-order valence-electron chi connectivity index (χ0n) is 4.89. The first-order valence-electron chi connectivity index (χ1n) is 2.49. The fourth-order valence-electron chi connectivity index (χ4n) is 0.342. The molecule has 0 aliphatic rings. The standard InChI is InChI=1S/C4H4N2OS/c7-3-1-2-5-4(8)6-3/h1-2H,(H2,5,6,7,8)/i1D. The second-order valence-electron chi connectivity index (χ2n) is 1.22. The number of hydrogen-bond acceptors (Lipinski definition) is 2. The number of aromatic amines is 2. The van der Waals surface area contributed by atoms with Crippen LogP contribution in [0.2, 0.25) is 0 Å². The van der Waals surface area contributed by atoms with Crippen molar-refractivity contribution in [3.63, 3.8) is 0 Å². The third kappa shape index (κ3) is 1.04. The van der Waals surface area contributed by atoms with Gasteiger partial charge in [-0.2, -0.15) is 0 Å². The zero-order chi connectivity index (χ0) is 6.85. The van der Waals surface area contributed by atoms with Crippen LogP contribution in [-0.4, -0.2) is 9.97 Å². The van der Waals surface area contributed by atoms with Gasteiger partial charge in [-0.1, -0.05) is 0 Å². The lowest BCUT2D eigenvalue weighted by Crippen LogP contribution is -2.02. The Balaban J connectivity index is 3.52. The molecule has 0 aromatic carbocycles. The summed E-state index contributed by atoms with van der Waals surface area (Å²) >= 11 is 4.56. The minimum absolute atomic E-state index is 0.108. The van der Waals surface area contributed by atoms with E-state index in [2.05, 4.69) is 22.2 Å². The van der Waals surface area contributed by atoms with Crippen LogP contribution in [0.3, 0.4) is 0 Å². The van der Waals surface area contributed by atoms with Crippen molar-refractivity contribution in [3.8, 4) is 0 Å². The van der Waals surface area contributed by atoms with Crippen LogP contribution in [0.1, 0.15) is 1.37 Å². The third-order valence-electron chi connectivity index (χ3n) is 0.634. The lowest BCUT2D eigenvalue weighted by Gasteiger charge is -1.78. The van der Waals surface area contributed by atoms with Crippen LogP contribution in [0, 0.1) is 4.77 Å². The Bertz CT molecular complexity index is 315. The number of H-pyrrole nitrogens is 2. The highest BCUT2D eigenvalue weighted by molar-refractivity contribution is 7.71. The van der Waals surface area contributed by atoms with Crippen molar-refractivity contribution in [2.24, 2.45) is 0 Å². The van der Waals surface area contributed by atoms with Gasteiger partial charge in [0.15, 0.2) is 4.77 Å². The predicted octanol–water partition coefficient (Wildman–Crippen LogP) is 0.432. The summed E-state index contributed by atoms with van der Waals surface area (Å²) in [5, 5.41) is 0. The molecule has 1 rings (SSSR count). The maximum atomic E-state index is 10.5. The first-order chi connectivity index (χ1) is 4.20. The number of nitrogens with one attached hydrogen (secondary N) is 2. The Morgan fingerprint density at radius 3 is 3.12 bits per heavy atom. The molecule has 0 amide bonds. The van der Waals surface area contributed by atoms with Crippen LogP contribution in [-0.2, 0) is 0 Å². The normalized spacial score (nSPS) is 10.8. The molecule has 3 nitrogen and oxygen atoms in total. The molecular formula is C4H4N2OS. The molecule has 4 heteroatoms. The highest BCUT2D eigenvalue weighted by atomic mass is 32.1. The summed E-state index contributed by atoms with van der Waals surface area (Å²) in [6.45, 7) is 0. The summed E-state index contributed by atoms with van der Waals surface area (Å²) in [5.41, 5.74) is -0.459. The summed E-state index contributed by atoms with van der Waals surface area (Å²) in [7, 11) is 0. The summed E-state index contributed by atoms with van der Waals surface area (Å²) < 4.78 is 7.14. The smallest absolute Gasteiger partial charge is 0.251 e. The molecule has 0 saturated carbocycles. The summed E-state index contributed by atoms with van der Waals surface area (Å²) in [6.07, 6.45) is 1.25. The average molecular weight is 129 g/mol. The average Bonchev–Trinajstić information content (AvgIpc) is 1.80. The molecule has 0 saturated heterocycles. The topological polar surface area (TPSA) is 48.6 Å². The molecule has 42 valence electrons. The number of hydrogen-bond donors (Lipinski definition) is 2. The first kappa shape index (κ1) is 4.03. The number of rotatable bonds is 0. The van der Waals surface area contributed by atoms with E-state index in [0.717, 1.165) is 0 Å². The van der Waals surface area contributed by atoms with Crippen LogP contribution in [0.25, 0.3) is 0 Å². The van der Waals surface area contributed by atoms with Crippen LogP contribution >= 0.6 is 12.2 Å². The molecule has 0 bridgehead atoms. The summed E-state index contributed by atoms with van der Waals surface area (Å²) in [5.74, 6) is 0. The molecule has 8 heavy (non-hydrogen) atoms. The quantitative estimate of drug-likeness (QED) is 0.499. The van der Waals surface area contributed by atoms with Gasteiger partial charge < -0.3 is 4.98 Å². The fourth-order valence-corrected chi connectivity index (χ4v) is 0.494. The fraction of sp³-hybridized carbons (Fsp3) is 0. The molecule has 0 fully saturated rings. The zero-order valence-corrected chi connectivity index (χ0v) is 4.71. The molecule has 0 aliphatic carbocycles. The van der Waals surface area contributed by atoms with Gasteiger partial charge in [0.25, 0.3) is 5.56 Å². The first-order valence-corrected chi connectivity index (χ1v) is 2.39. The maximum Gasteiger partial charge on any atom is 0.251 e. The van der Waals surface area contributed by atoms with Crippen LogP contribution in [0.15, 0.2) is 17.0 Å². The van der Waals surface area contributed by atoms with Gasteiger partial charge in [-0.05, 0) is 12.2 Å². The molecular weight excluding hydrogens is 124 g/mol. The van der Waals surface area contributed by atoms with E-state index in [0.29, 0.717) is 0 Å². The van der Waals surface area contributed by atoms with Crippen LogP contribution in [0.5, 0.6) is 0 Å². The molecule has 0 spiro atoms. The van der Waals surface area contributed by atoms with Gasteiger partial charge in [-0.3, -0.25) is 9.78 Å². The molecule has 1 heterocycles. The highest BCUT2D eigenvalue weighted by Gasteiger charge is 1.74. The Labute approximate surface area is 51.8 Å². The molecule has 1 aromatic heterocycles. The monoisotopic (exact) mass is 129 g/mol. The van der Waals surface area contributed by atoms with E-state index in [4.69, 9.17) is 1.37 Å². The Morgan fingerprint density at radius 2 is 2.62 bits per heavy atom. The van der Waals surface area contributed by atoms with Gasteiger partial charge in [0.05, 0.1) is 1.37 Å². The molecule has 2 N–H and O–H groups in total. The Morgan fingerprint density at radius 1 is 1.88 bits per heavy atom. The van der Waals surface area contributed by atoms with Crippen molar-refractivity contribution in [2.75, 3.05) is 0 Å². The highest BCUT2D eigenvalue weighted by Crippen LogP contribution is 1.67. The van der Waals surface area contributed by atoms with E-state index in [1.54, 1.807) is 0 Å². The van der Waals surface area contributed by atoms with E-state index in [9.17, 15) is 4.79 Å². The van der Waals surface area contributed by atoms with Crippen molar-refractivity contribution >= 4 is 12.2 Å². The summed E-state index contributed by atoms with van der Waals surface area (Å²) in [6, 6.07) is -0.108. The van der Waals surface area contributed by atoms with E-state index < -0.39 is 5.56 Å². The van der Waals surface area contributed by atoms with Crippen molar-refractivity contribution in [2.45, 2.75) is 0 Å². The van der Waals surface area contributed by atoms with Gasteiger partial charge in [0, 0.05) is 12.2 Å². The minimum Gasteiger partial charge on any atom is -0.339 e. The van der Waals surface area contributed by atoms with Crippen molar-refractivity contribution < 1.29 is 1.37 Å². The largest absolute Gasteiger partial charge is 0.339 e. The maximum absolute atomic E-state index is 10.5. The molecule has 1 aromatic rings. The van der Waals surface area contributed by atoms with Crippen molar-refractivity contribution in [3.05, 3.63) is 27.4 Å². The van der Waals surface area contributed by atoms with Gasteiger partial charge >= 0.3 is 0 Å². The second-order valence-corrected chi connectivity index (χ2v) is 1.62. The molecule has 0 atom stereocenters. The number of aromatic nitrogens is 2. The van der Waals surface area contributed by atoms with Gasteiger partial charge in [-0.15, -0.1) is 0 Å². The van der Waals surface area contributed by atoms with Crippen molar-refractivity contribution in [1.29, 1.82) is 0 Å². The second kappa shape index (κ2) is 1.92. The molecule has 0 aliphatic heterocycles. The van der Waals surface area contributed by atoms with E-state index in [1.807, 2.05) is 0 Å². The summed E-state index contributed by atoms with van der Waals surface area (Å²) in [4.78, 5) is 15.3. The molecule has 0 unspecified atom stereocenters. The predicted molar refractivity (Wildman–Crippen MR) is 32.2 cm³/mol. The van der Waals surface area contributed by atoms with Gasteiger partial charge in [0.2, 0.25) is 0 Å². The SMILES string of the molecule is [2H]c1c[nH]c(=S)[nH]c1=O.